The summed E-state index contributed by atoms with van der Waals surface area (Å²) in [5, 5.41) is 0.705. The second-order valence-corrected chi connectivity index (χ2v) is 4.06. The summed E-state index contributed by atoms with van der Waals surface area (Å²) < 4.78 is 1.46. The molecule has 1 heterocycles. The van der Waals surface area contributed by atoms with Crippen LogP contribution in [0.2, 0.25) is 0 Å². The van der Waals surface area contributed by atoms with Crippen molar-refractivity contribution in [3.8, 4) is 0 Å². The van der Waals surface area contributed by atoms with Gasteiger partial charge < -0.3 is 4.98 Å². The Kier molecular flexibility index (Phi) is 1.78. The van der Waals surface area contributed by atoms with Crippen molar-refractivity contribution in [2.75, 3.05) is 0 Å². The summed E-state index contributed by atoms with van der Waals surface area (Å²) >= 11 is 6.31. The highest BCUT2D eigenvalue weighted by Crippen LogP contribution is 2.13. The molecule has 0 aliphatic heterocycles. The predicted molar refractivity (Wildman–Crippen MR) is 53.3 cm³/mol. The molecule has 0 aliphatic carbocycles. The topological polar surface area (TPSA) is 32.9 Å². The quantitative estimate of drug-likeness (QED) is 0.654. The highest BCUT2D eigenvalue weighted by Gasteiger charge is 1.96. The maximum atomic E-state index is 11.3. The van der Waals surface area contributed by atoms with Gasteiger partial charge in [-0.15, -0.1) is 11.3 Å². The van der Waals surface area contributed by atoms with E-state index in [1.807, 2.05) is 18.2 Å². The van der Waals surface area contributed by atoms with Gasteiger partial charge in [0.2, 0.25) is 0 Å². The van der Waals surface area contributed by atoms with Crippen LogP contribution in [0.1, 0.15) is 0 Å². The van der Waals surface area contributed by atoms with Gasteiger partial charge in [-0.25, -0.2) is 0 Å². The number of rotatable bonds is 0. The number of H-pyrrole nitrogens is 1. The van der Waals surface area contributed by atoms with E-state index in [1.165, 1.54) is 11.3 Å². The molecular formula is C8H5NOS2. The molecule has 1 aromatic carbocycles. The monoisotopic (exact) mass is 195 g/mol. The van der Waals surface area contributed by atoms with Crippen LogP contribution < -0.4 is 5.56 Å². The zero-order chi connectivity index (χ0) is 8.55. The Hall–Kier alpha value is -1.00. The van der Waals surface area contributed by atoms with Crippen LogP contribution >= 0.6 is 23.6 Å². The van der Waals surface area contributed by atoms with Gasteiger partial charge in [-0.05, 0) is 24.4 Å². The Labute approximate surface area is 77.5 Å². The normalized spacial score (nSPS) is 10.3. The van der Waals surface area contributed by atoms with Crippen LogP contribution in [0.4, 0.5) is 0 Å². The molecule has 0 radical (unpaired) electrons. The second kappa shape index (κ2) is 2.80. The molecule has 0 unspecified atom stereocenters. The lowest BCUT2D eigenvalue weighted by atomic mass is 10.3. The Morgan fingerprint density at radius 3 is 2.92 bits per heavy atom. The minimum atomic E-state index is -0.102. The minimum Gasteiger partial charge on any atom is -0.304 e. The third-order valence-corrected chi connectivity index (χ3v) is 2.77. The standard InChI is InChI=1S/C8H5NOS2/c10-7-5-3-1-2-4-6(5)12-8(11)9-7/h1-4H,(H,9,10,11). The highest BCUT2D eigenvalue weighted by atomic mass is 32.1. The minimum absolute atomic E-state index is 0.102. The fourth-order valence-corrected chi connectivity index (χ4v) is 2.15. The van der Waals surface area contributed by atoms with Gasteiger partial charge in [-0.1, -0.05) is 12.1 Å². The summed E-state index contributed by atoms with van der Waals surface area (Å²) in [5.74, 6) is 0. The fourth-order valence-electron chi connectivity index (χ4n) is 1.03. The zero-order valence-corrected chi connectivity index (χ0v) is 7.67. The van der Waals surface area contributed by atoms with Crippen molar-refractivity contribution < 1.29 is 0 Å². The molecule has 0 saturated carbocycles. The summed E-state index contributed by atoms with van der Waals surface area (Å²) in [6.45, 7) is 0. The maximum Gasteiger partial charge on any atom is 0.258 e. The third kappa shape index (κ3) is 1.19. The van der Waals surface area contributed by atoms with Crippen molar-refractivity contribution in [2.24, 2.45) is 0 Å². The van der Waals surface area contributed by atoms with E-state index in [0.717, 1.165) is 4.70 Å². The molecule has 4 heteroatoms. The molecule has 2 nitrogen and oxygen atoms in total. The van der Waals surface area contributed by atoms with Crippen molar-refractivity contribution in [3.05, 3.63) is 38.6 Å². The molecule has 0 atom stereocenters. The lowest BCUT2D eigenvalue weighted by Gasteiger charge is -1.92. The molecule has 0 bridgehead atoms. The smallest absolute Gasteiger partial charge is 0.258 e. The van der Waals surface area contributed by atoms with Gasteiger partial charge in [0.15, 0.2) is 3.95 Å². The van der Waals surface area contributed by atoms with Crippen LogP contribution in [0.3, 0.4) is 0 Å². The van der Waals surface area contributed by atoms with E-state index >= 15 is 0 Å². The Balaban J connectivity index is 3.09. The Morgan fingerprint density at radius 2 is 2.08 bits per heavy atom. The first-order valence-corrected chi connectivity index (χ1v) is 4.62. The molecule has 0 fully saturated rings. The van der Waals surface area contributed by atoms with Crippen LogP contribution in [-0.4, -0.2) is 4.98 Å². The van der Waals surface area contributed by atoms with Crippen LogP contribution in [0.5, 0.6) is 0 Å². The number of hydrogen-bond donors (Lipinski definition) is 1. The first kappa shape index (κ1) is 7.64. The molecular weight excluding hydrogens is 190 g/mol. The molecule has 0 spiro atoms. The van der Waals surface area contributed by atoms with Gasteiger partial charge in [0.1, 0.15) is 0 Å². The predicted octanol–water partition coefficient (Wildman–Crippen LogP) is 2.32. The first-order chi connectivity index (χ1) is 5.77. The van der Waals surface area contributed by atoms with Crippen LogP contribution in [0.15, 0.2) is 29.1 Å². The number of aromatic amines is 1. The average molecular weight is 195 g/mol. The fraction of sp³-hybridized carbons (Fsp3) is 0. The van der Waals surface area contributed by atoms with Gasteiger partial charge in [0, 0.05) is 4.70 Å². The van der Waals surface area contributed by atoms with E-state index in [9.17, 15) is 4.79 Å². The SMILES string of the molecule is O=c1[nH]c(=S)sc2ccccc12. The number of aromatic nitrogens is 1. The van der Waals surface area contributed by atoms with E-state index in [2.05, 4.69) is 4.98 Å². The highest BCUT2D eigenvalue weighted by molar-refractivity contribution is 7.73. The van der Waals surface area contributed by atoms with E-state index in [0.29, 0.717) is 9.34 Å². The maximum absolute atomic E-state index is 11.3. The van der Waals surface area contributed by atoms with Gasteiger partial charge in [0.25, 0.3) is 5.56 Å². The summed E-state index contributed by atoms with van der Waals surface area (Å²) in [4.78, 5) is 13.9. The Morgan fingerprint density at radius 1 is 1.33 bits per heavy atom. The molecule has 12 heavy (non-hydrogen) atoms. The lowest BCUT2D eigenvalue weighted by Crippen LogP contribution is -2.03. The molecule has 0 amide bonds. The average Bonchev–Trinajstić information content (AvgIpc) is 2.04. The first-order valence-electron chi connectivity index (χ1n) is 3.39. The van der Waals surface area contributed by atoms with Gasteiger partial charge in [0.05, 0.1) is 5.39 Å². The molecule has 1 N–H and O–H groups in total. The molecule has 2 rings (SSSR count). The van der Waals surface area contributed by atoms with Crippen LogP contribution in [0.25, 0.3) is 10.1 Å². The summed E-state index contributed by atoms with van der Waals surface area (Å²) in [6, 6.07) is 7.42. The van der Waals surface area contributed by atoms with Gasteiger partial charge in [-0.2, -0.15) is 0 Å². The van der Waals surface area contributed by atoms with Crippen molar-refractivity contribution in [1.29, 1.82) is 0 Å². The van der Waals surface area contributed by atoms with E-state index in [-0.39, 0.29) is 5.56 Å². The van der Waals surface area contributed by atoms with E-state index in [4.69, 9.17) is 12.2 Å². The van der Waals surface area contributed by atoms with Crippen molar-refractivity contribution in [3.63, 3.8) is 0 Å². The van der Waals surface area contributed by atoms with Crippen molar-refractivity contribution in [1.82, 2.24) is 4.98 Å². The van der Waals surface area contributed by atoms with Gasteiger partial charge >= 0.3 is 0 Å². The van der Waals surface area contributed by atoms with Crippen molar-refractivity contribution in [2.45, 2.75) is 0 Å². The number of hydrogen-bond acceptors (Lipinski definition) is 3. The number of benzene rings is 1. The second-order valence-electron chi connectivity index (χ2n) is 2.34. The molecule has 1 aromatic heterocycles. The zero-order valence-electron chi connectivity index (χ0n) is 6.03. The van der Waals surface area contributed by atoms with Crippen LogP contribution in [0, 0.1) is 3.95 Å². The van der Waals surface area contributed by atoms with Crippen LogP contribution in [-0.2, 0) is 0 Å². The molecule has 60 valence electrons. The number of fused-ring (bicyclic) bond motifs is 1. The molecule has 0 saturated heterocycles. The summed E-state index contributed by atoms with van der Waals surface area (Å²) in [5.41, 5.74) is -0.102. The molecule has 0 aliphatic rings. The lowest BCUT2D eigenvalue weighted by molar-refractivity contribution is 1.29. The van der Waals surface area contributed by atoms with E-state index in [1.54, 1.807) is 6.07 Å². The third-order valence-electron chi connectivity index (χ3n) is 1.55. The largest absolute Gasteiger partial charge is 0.304 e. The summed E-state index contributed by atoms with van der Waals surface area (Å²) in [6.07, 6.45) is 0. The van der Waals surface area contributed by atoms with E-state index < -0.39 is 0 Å². The molecule has 2 aromatic rings. The van der Waals surface area contributed by atoms with Gasteiger partial charge in [-0.3, -0.25) is 4.79 Å². The summed E-state index contributed by atoms with van der Waals surface area (Å²) in [7, 11) is 0. The Bertz CT molecular complexity index is 526. The van der Waals surface area contributed by atoms with Crippen molar-refractivity contribution >= 4 is 33.6 Å². The number of nitrogens with one attached hydrogen (secondary N) is 1.